The van der Waals surface area contributed by atoms with E-state index in [9.17, 15) is 0 Å². The molecule has 0 atom stereocenters. The first-order chi connectivity index (χ1) is 10.9. The van der Waals surface area contributed by atoms with Crippen LogP contribution >= 0.6 is 34.4 Å². The van der Waals surface area contributed by atoms with Crippen molar-refractivity contribution in [2.24, 2.45) is 0 Å². The molecule has 4 heterocycles. The third kappa shape index (κ3) is 1.89. The second-order valence-electron chi connectivity index (χ2n) is 5.14. The molecule has 0 saturated heterocycles. The van der Waals surface area contributed by atoms with E-state index in [1.54, 1.807) is 35.8 Å². The van der Waals surface area contributed by atoms with Gasteiger partial charge in [-0.05, 0) is 48.0 Å². The molecule has 0 saturated carbocycles. The monoisotopic (exact) mass is 342 g/mol. The van der Waals surface area contributed by atoms with Gasteiger partial charge >= 0.3 is 0 Å². The number of hydrogen-bond acceptors (Lipinski definition) is 7. The van der Waals surface area contributed by atoms with Gasteiger partial charge in [-0.25, -0.2) is 19.9 Å². The summed E-state index contributed by atoms with van der Waals surface area (Å²) in [6, 6.07) is 2.08. The summed E-state index contributed by atoms with van der Waals surface area (Å²) >= 11 is 5.10. The van der Waals surface area contributed by atoms with Crippen molar-refractivity contribution in [1.82, 2.24) is 19.9 Å². The Hall–Kier alpha value is -1.57. The van der Waals surface area contributed by atoms with Gasteiger partial charge in [0.15, 0.2) is 0 Å². The summed E-state index contributed by atoms with van der Waals surface area (Å²) in [7, 11) is 0. The van der Waals surface area contributed by atoms with Gasteiger partial charge in [0.25, 0.3) is 0 Å². The molecule has 22 heavy (non-hydrogen) atoms. The van der Waals surface area contributed by atoms with E-state index in [0.717, 1.165) is 31.5 Å². The molecule has 0 spiro atoms. The van der Waals surface area contributed by atoms with Gasteiger partial charge < -0.3 is 0 Å². The van der Waals surface area contributed by atoms with E-state index in [4.69, 9.17) is 0 Å². The molecule has 1 aliphatic carbocycles. The first-order valence-electron chi connectivity index (χ1n) is 7.01. The van der Waals surface area contributed by atoms with Crippen LogP contribution in [0.2, 0.25) is 0 Å². The number of thiophene rings is 2. The van der Waals surface area contributed by atoms with Crippen molar-refractivity contribution in [2.75, 3.05) is 0 Å². The lowest BCUT2D eigenvalue weighted by Crippen LogP contribution is -1.89. The molecule has 0 aromatic carbocycles. The highest BCUT2D eigenvalue weighted by Crippen LogP contribution is 2.42. The van der Waals surface area contributed by atoms with Crippen molar-refractivity contribution < 1.29 is 0 Å². The van der Waals surface area contributed by atoms with Gasteiger partial charge in [-0.3, -0.25) is 0 Å². The summed E-state index contributed by atoms with van der Waals surface area (Å²) in [5.74, 6) is 0. The van der Waals surface area contributed by atoms with Gasteiger partial charge in [-0.2, -0.15) is 0 Å². The number of hydrogen-bond donors (Lipinski definition) is 0. The Bertz CT molecular complexity index is 1000. The largest absolute Gasteiger partial charge is 0.229 e. The third-order valence-corrected chi connectivity index (χ3v) is 6.93. The molecule has 0 bridgehead atoms. The maximum atomic E-state index is 4.54. The van der Waals surface area contributed by atoms with Crippen molar-refractivity contribution in [3.8, 4) is 0 Å². The maximum Gasteiger partial charge on any atom is 0.128 e. The molecule has 5 rings (SSSR count). The first kappa shape index (κ1) is 12.9. The van der Waals surface area contributed by atoms with Crippen LogP contribution in [-0.2, 0) is 12.8 Å². The van der Waals surface area contributed by atoms with Crippen molar-refractivity contribution in [3.05, 3.63) is 34.5 Å². The minimum Gasteiger partial charge on any atom is -0.229 e. The zero-order valence-electron chi connectivity index (χ0n) is 11.4. The predicted molar refractivity (Wildman–Crippen MR) is 91.0 cm³/mol. The highest BCUT2D eigenvalue weighted by Gasteiger charge is 2.22. The fraction of sp³-hybridized carbons (Fsp3) is 0.200. The van der Waals surface area contributed by atoms with Gasteiger partial charge in [0, 0.05) is 15.6 Å². The summed E-state index contributed by atoms with van der Waals surface area (Å²) in [6.45, 7) is 0. The lowest BCUT2D eigenvalue weighted by atomic mass is 10.2. The smallest absolute Gasteiger partial charge is 0.128 e. The van der Waals surface area contributed by atoms with Gasteiger partial charge in [0.1, 0.15) is 32.4 Å². The third-order valence-electron chi connectivity index (χ3n) is 3.89. The number of nitrogens with zero attached hydrogens (tertiary/aromatic N) is 4. The van der Waals surface area contributed by atoms with Crippen LogP contribution < -0.4 is 0 Å². The van der Waals surface area contributed by atoms with Crippen molar-refractivity contribution >= 4 is 54.9 Å². The summed E-state index contributed by atoms with van der Waals surface area (Å²) in [6.07, 6.45) is 6.88. The topological polar surface area (TPSA) is 51.6 Å². The molecule has 0 amide bonds. The predicted octanol–water partition coefficient (Wildman–Crippen LogP) is 4.34. The molecule has 0 fully saturated rings. The zero-order valence-corrected chi connectivity index (χ0v) is 13.9. The molecule has 0 unspecified atom stereocenters. The minimum atomic E-state index is 0.976. The SMILES string of the molecule is c1nc(Sc2ncnc3sc4c(c23)CCC4)c2ccsc2n1. The second kappa shape index (κ2) is 4.97. The number of aryl methyl sites for hydroxylation is 2. The van der Waals surface area contributed by atoms with E-state index in [2.05, 4.69) is 31.4 Å². The summed E-state index contributed by atoms with van der Waals surface area (Å²) in [5, 5.41) is 6.41. The first-order valence-corrected chi connectivity index (χ1v) is 9.53. The molecule has 4 nitrogen and oxygen atoms in total. The van der Waals surface area contributed by atoms with Gasteiger partial charge in [-0.1, -0.05) is 0 Å². The molecular weight excluding hydrogens is 332 g/mol. The summed E-state index contributed by atoms with van der Waals surface area (Å²) < 4.78 is 0. The Balaban J connectivity index is 1.70. The maximum absolute atomic E-state index is 4.54. The van der Waals surface area contributed by atoms with Crippen molar-refractivity contribution in [2.45, 2.75) is 29.3 Å². The average molecular weight is 342 g/mol. The van der Waals surface area contributed by atoms with Crippen LogP contribution in [0.4, 0.5) is 0 Å². The van der Waals surface area contributed by atoms with Crippen LogP contribution in [0.5, 0.6) is 0 Å². The summed E-state index contributed by atoms with van der Waals surface area (Å²) in [5.41, 5.74) is 1.46. The van der Waals surface area contributed by atoms with E-state index in [0.29, 0.717) is 0 Å². The number of aromatic nitrogens is 4. The van der Waals surface area contributed by atoms with Crippen LogP contribution in [0.25, 0.3) is 20.4 Å². The Labute approximate surface area is 138 Å². The number of fused-ring (bicyclic) bond motifs is 4. The molecule has 7 heteroatoms. The molecular formula is C15H10N4S3. The lowest BCUT2D eigenvalue weighted by Gasteiger charge is -2.04. The quantitative estimate of drug-likeness (QED) is 0.507. The van der Waals surface area contributed by atoms with E-state index < -0.39 is 0 Å². The molecule has 0 radical (unpaired) electrons. The van der Waals surface area contributed by atoms with Crippen LogP contribution in [0.1, 0.15) is 16.9 Å². The van der Waals surface area contributed by atoms with Gasteiger partial charge in [-0.15, -0.1) is 22.7 Å². The van der Waals surface area contributed by atoms with E-state index in [1.807, 2.05) is 11.3 Å². The summed E-state index contributed by atoms with van der Waals surface area (Å²) in [4.78, 5) is 21.4. The molecule has 0 aliphatic heterocycles. The Morgan fingerprint density at radius 3 is 2.77 bits per heavy atom. The highest BCUT2D eigenvalue weighted by molar-refractivity contribution is 7.99. The Kier molecular flexibility index (Phi) is 2.92. The molecule has 4 aromatic heterocycles. The Morgan fingerprint density at radius 1 is 0.955 bits per heavy atom. The lowest BCUT2D eigenvalue weighted by molar-refractivity contribution is 0.915. The van der Waals surface area contributed by atoms with Crippen molar-refractivity contribution in [1.29, 1.82) is 0 Å². The molecule has 4 aromatic rings. The van der Waals surface area contributed by atoms with Crippen LogP contribution in [0.3, 0.4) is 0 Å². The number of rotatable bonds is 2. The van der Waals surface area contributed by atoms with Crippen LogP contribution in [-0.4, -0.2) is 19.9 Å². The Morgan fingerprint density at radius 2 is 1.82 bits per heavy atom. The van der Waals surface area contributed by atoms with Gasteiger partial charge in [0.05, 0.1) is 0 Å². The molecule has 1 aliphatic rings. The second-order valence-corrected chi connectivity index (χ2v) is 8.09. The fourth-order valence-corrected chi connectivity index (χ4v) is 5.99. The standard InChI is InChI=1S/C15H10N4S3/c1-2-8-10(3-1)21-14-11(8)15(19-7-18-14)22-13-9-4-5-20-12(9)16-6-17-13/h4-7H,1-3H2. The van der Waals surface area contributed by atoms with Crippen molar-refractivity contribution in [3.63, 3.8) is 0 Å². The minimum absolute atomic E-state index is 0.976. The van der Waals surface area contributed by atoms with E-state index >= 15 is 0 Å². The normalized spacial score (nSPS) is 14.0. The molecule has 108 valence electrons. The molecule has 0 N–H and O–H groups in total. The van der Waals surface area contributed by atoms with Crippen LogP contribution in [0.15, 0.2) is 34.2 Å². The zero-order chi connectivity index (χ0) is 14.5. The van der Waals surface area contributed by atoms with Gasteiger partial charge in [0.2, 0.25) is 0 Å². The van der Waals surface area contributed by atoms with E-state index in [-0.39, 0.29) is 0 Å². The fourth-order valence-electron chi connectivity index (χ4n) is 2.92. The average Bonchev–Trinajstić information content (AvgIpc) is 3.22. The van der Waals surface area contributed by atoms with E-state index in [1.165, 1.54) is 28.7 Å². The van der Waals surface area contributed by atoms with Crippen LogP contribution in [0, 0.1) is 0 Å². The highest BCUT2D eigenvalue weighted by atomic mass is 32.2.